The summed E-state index contributed by atoms with van der Waals surface area (Å²) < 4.78 is 13.1. The van der Waals surface area contributed by atoms with Crippen molar-refractivity contribution < 1.29 is 14.0 Å². The van der Waals surface area contributed by atoms with Crippen molar-refractivity contribution >= 4 is 17.8 Å². The van der Waals surface area contributed by atoms with E-state index in [0.717, 1.165) is 16.7 Å². The van der Waals surface area contributed by atoms with Gasteiger partial charge in [-0.1, -0.05) is 22.9 Å². The van der Waals surface area contributed by atoms with Gasteiger partial charge in [0.05, 0.1) is 5.57 Å². The Morgan fingerprint density at radius 1 is 1.04 bits per heavy atom. The monoisotopic (exact) mass is 309 g/mol. The third-order valence-corrected chi connectivity index (χ3v) is 3.84. The molecule has 3 nitrogen and oxygen atoms in total. The average Bonchev–Trinajstić information content (AvgIpc) is 2.85. The Balaban J connectivity index is 2.08. The normalized spacial score (nSPS) is 15.7. The molecule has 0 bridgehead atoms. The van der Waals surface area contributed by atoms with Crippen LogP contribution < -0.4 is 0 Å². The van der Waals surface area contributed by atoms with E-state index >= 15 is 0 Å². The molecule has 0 aromatic heterocycles. The highest BCUT2D eigenvalue weighted by Gasteiger charge is 2.27. The SMILES string of the molecule is Cc1cc(C)c(/C=C2/C(=O)ON=C2c2ccc(F)cc2)c(C)c1. The molecule has 4 heteroatoms. The van der Waals surface area contributed by atoms with E-state index < -0.39 is 5.97 Å². The molecule has 1 aliphatic heterocycles. The number of halogens is 1. The number of oxime groups is 1. The first-order chi connectivity index (χ1) is 11.0. The minimum Gasteiger partial charge on any atom is -0.312 e. The highest BCUT2D eigenvalue weighted by Crippen LogP contribution is 2.25. The van der Waals surface area contributed by atoms with Gasteiger partial charge in [-0.05, 0) is 67.8 Å². The van der Waals surface area contributed by atoms with Crippen LogP contribution in [0.4, 0.5) is 4.39 Å². The molecule has 0 spiro atoms. The number of hydrogen-bond donors (Lipinski definition) is 0. The van der Waals surface area contributed by atoms with Crippen LogP contribution >= 0.6 is 0 Å². The molecule has 2 aromatic carbocycles. The number of carbonyl (C=O) groups is 1. The van der Waals surface area contributed by atoms with Gasteiger partial charge >= 0.3 is 5.97 Å². The van der Waals surface area contributed by atoms with Gasteiger partial charge in [-0.15, -0.1) is 0 Å². The Morgan fingerprint density at radius 2 is 1.65 bits per heavy atom. The Morgan fingerprint density at radius 3 is 2.26 bits per heavy atom. The van der Waals surface area contributed by atoms with E-state index in [1.807, 2.05) is 20.8 Å². The third-order valence-electron chi connectivity index (χ3n) is 3.84. The molecule has 3 rings (SSSR count). The van der Waals surface area contributed by atoms with Gasteiger partial charge in [0.15, 0.2) is 0 Å². The second-order valence-electron chi connectivity index (χ2n) is 5.70. The van der Waals surface area contributed by atoms with Crippen molar-refractivity contribution in [2.45, 2.75) is 20.8 Å². The van der Waals surface area contributed by atoms with Crippen molar-refractivity contribution in [1.29, 1.82) is 0 Å². The van der Waals surface area contributed by atoms with Crippen LogP contribution in [0.2, 0.25) is 0 Å². The van der Waals surface area contributed by atoms with E-state index in [0.29, 0.717) is 16.8 Å². The Bertz CT molecular complexity index is 825. The zero-order valence-corrected chi connectivity index (χ0v) is 13.2. The second-order valence-corrected chi connectivity index (χ2v) is 5.70. The largest absolute Gasteiger partial charge is 0.368 e. The summed E-state index contributed by atoms with van der Waals surface area (Å²) in [5.74, 6) is -0.834. The smallest absolute Gasteiger partial charge is 0.312 e. The highest BCUT2D eigenvalue weighted by atomic mass is 19.1. The lowest BCUT2D eigenvalue weighted by Gasteiger charge is -2.08. The van der Waals surface area contributed by atoms with Crippen molar-refractivity contribution in [3.8, 4) is 0 Å². The molecule has 0 aliphatic carbocycles. The molecule has 0 radical (unpaired) electrons. The van der Waals surface area contributed by atoms with Crippen LogP contribution in [0.5, 0.6) is 0 Å². The molecule has 0 unspecified atom stereocenters. The lowest BCUT2D eigenvalue weighted by molar-refractivity contribution is -0.136. The molecule has 116 valence electrons. The Kier molecular flexibility index (Phi) is 3.82. The molecule has 0 atom stereocenters. The van der Waals surface area contributed by atoms with E-state index in [9.17, 15) is 9.18 Å². The summed E-state index contributed by atoms with van der Waals surface area (Å²) in [6.07, 6.45) is 1.79. The van der Waals surface area contributed by atoms with Gasteiger partial charge < -0.3 is 4.84 Å². The number of nitrogens with zero attached hydrogens (tertiary/aromatic N) is 1. The van der Waals surface area contributed by atoms with E-state index in [4.69, 9.17) is 4.84 Å². The lowest BCUT2D eigenvalue weighted by Crippen LogP contribution is -2.07. The summed E-state index contributed by atoms with van der Waals surface area (Å²) in [6, 6.07) is 9.96. The maximum atomic E-state index is 13.1. The van der Waals surface area contributed by atoms with Gasteiger partial charge in [-0.25, -0.2) is 9.18 Å². The van der Waals surface area contributed by atoms with Crippen molar-refractivity contribution in [3.05, 3.63) is 75.6 Å². The Hall–Kier alpha value is -2.75. The molecule has 0 saturated heterocycles. The van der Waals surface area contributed by atoms with Crippen LogP contribution in [-0.4, -0.2) is 11.7 Å². The van der Waals surface area contributed by atoms with Crippen molar-refractivity contribution in [3.63, 3.8) is 0 Å². The number of hydrogen-bond acceptors (Lipinski definition) is 3. The average molecular weight is 309 g/mol. The third kappa shape index (κ3) is 2.93. The predicted octanol–water partition coefficient (Wildman–Crippen LogP) is 4.10. The molecule has 0 amide bonds. The fourth-order valence-corrected chi connectivity index (χ4v) is 2.79. The molecular weight excluding hydrogens is 293 g/mol. The van der Waals surface area contributed by atoms with Gasteiger partial charge in [0.1, 0.15) is 11.5 Å². The van der Waals surface area contributed by atoms with E-state index in [2.05, 4.69) is 17.3 Å². The van der Waals surface area contributed by atoms with Gasteiger partial charge in [-0.2, -0.15) is 0 Å². The first kappa shape index (κ1) is 15.2. The zero-order chi connectivity index (χ0) is 16.6. The fraction of sp³-hybridized carbons (Fsp3) is 0.158. The topological polar surface area (TPSA) is 38.7 Å². The molecule has 0 fully saturated rings. The van der Waals surface area contributed by atoms with Gasteiger partial charge in [-0.3, -0.25) is 0 Å². The summed E-state index contributed by atoms with van der Waals surface area (Å²) in [4.78, 5) is 16.9. The fourth-order valence-electron chi connectivity index (χ4n) is 2.79. The molecule has 0 N–H and O–H groups in total. The molecule has 1 aliphatic rings. The number of rotatable bonds is 2. The summed E-state index contributed by atoms with van der Waals surface area (Å²) in [5.41, 5.74) is 5.75. The van der Waals surface area contributed by atoms with Gasteiger partial charge in [0, 0.05) is 5.56 Å². The summed E-state index contributed by atoms with van der Waals surface area (Å²) in [7, 11) is 0. The number of aryl methyl sites for hydroxylation is 3. The van der Waals surface area contributed by atoms with Crippen molar-refractivity contribution in [1.82, 2.24) is 0 Å². The predicted molar refractivity (Wildman–Crippen MR) is 87.7 cm³/mol. The van der Waals surface area contributed by atoms with Crippen molar-refractivity contribution in [2.75, 3.05) is 0 Å². The van der Waals surface area contributed by atoms with Crippen molar-refractivity contribution in [2.24, 2.45) is 5.16 Å². The highest BCUT2D eigenvalue weighted by molar-refractivity contribution is 6.31. The molecular formula is C19H16FNO2. The van der Waals surface area contributed by atoms with Crippen LogP contribution in [0.25, 0.3) is 6.08 Å². The number of benzene rings is 2. The first-order valence-corrected chi connectivity index (χ1v) is 7.31. The maximum Gasteiger partial charge on any atom is 0.368 e. The van der Waals surface area contributed by atoms with Crippen LogP contribution in [0, 0.1) is 26.6 Å². The number of carbonyl (C=O) groups excluding carboxylic acids is 1. The molecule has 0 saturated carbocycles. The summed E-state index contributed by atoms with van der Waals surface area (Å²) >= 11 is 0. The quantitative estimate of drug-likeness (QED) is 0.619. The standard InChI is InChI=1S/C19H16FNO2/c1-11-8-12(2)16(13(3)9-11)10-17-18(21-23-19(17)22)14-4-6-15(20)7-5-14/h4-10H,1-3H3/b17-10+. The summed E-state index contributed by atoms with van der Waals surface area (Å²) in [6.45, 7) is 6.04. The molecule has 2 aromatic rings. The van der Waals surface area contributed by atoms with Crippen LogP contribution in [0.3, 0.4) is 0 Å². The van der Waals surface area contributed by atoms with Crippen LogP contribution in [0.1, 0.15) is 27.8 Å². The molecule has 23 heavy (non-hydrogen) atoms. The maximum absolute atomic E-state index is 13.1. The zero-order valence-electron chi connectivity index (χ0n) is 13.2. The van der Waals surface area contributed by atoms with Crippen LogP contribution in [0.15, 0.2) is 47.1 Å². The molecule has 1 heterocycles. The Labute approximate surface area is 134 Å². The lowest BCUT2D eigenvalue weighted by atomic mass is 9.95. The second kappa shape index (κ2) is 5.80. The van der Waals surface area contributed by atoms with Gasteiger partial charge in [0.25, 0.3) is 0 Å². The van der Waals surface area contributed by atoms with Crippen LogP contribution in [-0.2, 0) is 9.63 Å². The van der Waals surface area contributed by atoms with E-state index in [-0.39, 0.29) is 5.82 Å². The van der Waals surface area contributed by atoms with E-state index in [1.165, 1.54) is 17.7 Å². The first-order valence-electron chi connectivity index (χ1n) is 7.31. The van der Waals surface area contributed by atoms with E-state index in [1.54, 1.807) is 18.2 Å². The summed E-state index contributed by atoms with van der Waals surface area (Å²) in [5, 5.41) is 3.85. The van der Waals surface area contributed by atoms with Gasteiger partial charge in [0.2, 0.25) is 0 Å². The minimum atomic E-state index is -0.497. The minimum absolute atomic E-state index is 0.338.